The lowest BCUT2D eigenvalue weighted by Gasteiger charge is -2.40. The molecular formula is C11H23N3O. The van der Waals surface area contributed by atoms with E-state index in [2.05, 4.69) is 29.6 Å². The van der Waals surface area contributed by atoms with E-state index in [-0.39, 0.29) is 11.9 Å². The molecule has 1 heterocycles. The van der Waals surface area contributed by atoms with Crippen molar-refractivity contribution in [2.45, 2.75) is 58.2 Å². The first kappa shape index (κ1) is 12.5. The minimum absolute atomic E-state index is 0.0416. The molecule has 0 aromatic carbocycles. The smallest absolute Gasteiger partial charge is 0.237 e. The Morgan fingerprint density at radius 1 is 1.33 bits per heavy atom. The van der Waals surface area contributed by atoms with Crippen LogP contribution in [-0.4, -0.2) is 36.1 Å². The van der Waals surface area contributed by atoms with Crippen molar-refractivity contribution in [3.63, 3.8) is 0 Å². The van der Waals surface area contributed by atoms with Crippen LogP contribution in [0.2, 0.25) is 0 Å². The highest BCUT2D eigenvalue weighted by atomic mass is 16.2. The molecule has 0 radical (unpaired) electrons. The van der Waals surface area contributed by atoms with Crippen molar-refractivity contribution < 1.29 is 4.79 Å². The highest BCUT2D eigenvalue weighted by molar-refractivity contribution is 5.80. The number of carbonyl (C=O) groups excluding carboxylic acids is 1. The van der Waals surface area contributed by atoms with Gasteiger partial charge in [0.15, 0.2) is 0 Å². The summed E-state index contributed by atoms with van der Waals surface area (Å²) in [4.78, 5) is 11.4. The fourth-order valence-electron chi connectivity index (χ4n) is 2.17. The van der Waals surface area contributed by atoms with Gasteiger partial charge in [0.1, 0.15) is 0 Å². The predicted molar refractivity (Wildman–Crippen MR) is 61.3 cm³/mol. The molecule has 0 aromatic heterocycles. The monoisotopic (exact) mass is 213 g/mol. The number of nitrogens with one attached hydrogen (secondary N) is 2. The Hall–Kier alpha value is -0.610. The number of nitrogens with zero attached hydrogens (tertiary/aromatic N) is 1. The number of rotatable bonds is 3. The molecule has 1 fully saturated rings. The molecule has 3 atom stereocenters. The number of carbonyl (C=O) groups is 1. The van der Waals surface area contributed by atoms with Crippen molar-refractivity contribution in [2.75, 3.05) is 7.05 Å². The van der Waals surface area contributed by atoms with E-state index in [0.717, 1.165) is 0 Å². The first-order valence-electron chi connectivity index (χ1n) is 5.82. The molecule has 0 saturated carbocycles. The third-order valence-electron chi connectivity index (χ3n) is 3.18. The normalized spacial score (nSPS) is 29.9. The number of hydrogen-bond acceptors (Lipinski definition) is 3. The fraction of sp³-hybridized carbons (Fsp3) is 0.909. The van der Waals surface area contributed by atoms with E-state index >= 15 is 0 Å². The van der Waals surface area contributed by atoms with Crippen LogP contribution < -0.4 is 10.7 Å². The van der Waals surface area contributed by atoms with E-state index in [1.165, 1.54) is 19.3 Å². The Bertz CT molecular complexity index is 210. The molecule has 15 heavy (non-hydrogen) atoms. The largest absolute Gasteiger partial charge is 0.358 e. The molecule has 4 nitrogen and oxygen atoms in total. The molecule has 4 heteroatoms. The maximum Gasteiger partial charge on any atom is 0.237 e. The summed E-state index contributed by atoms with van der Waals surface area (Å²) in [6.45, 7) is 6.31. The summed E-state index contributed by atoms with van der Waals surface area (Å²) in [5.74, 6) is 0.0416. The maximum atomic E-state index is 11.4. The number of amides is 1. The molecular weight excluding hydrogens is 190 g/mol. The number of hydrogen-bond donors (Lipinski definition) is 2. The van der Waals surface area contributed by atoms with Crippen LogP contribution in [0.4, 0.5) is 0 Å². The highest BCUT2D eigenvalue weighted by Gasteiger charge is 2.26. The number of hydrazine groups is 1. The first-order chi connectivity index (χ1) is 7.06. The van der Waals surface area contributed by atoms with Gasteiger partial charge in [-0.05, 0) is 33.6 Å². The van der Waals surface area contributed by atoms with E-state index < -0.39 is 0 Å². The standard InChI is InChI=1S/C11H23N3O/c1-8-6-5-7-9(2)14(8)13-10(3)11(15)12-4/h8-10,13H,5-7H2,1-4H3,(H,12,15). The van der Waals surface area contributed by atoms with Gasteiger partial charge in [-0.2, -0.15) is 0 Å². The molecule has 1 aliphatic heterocycles. The van der Waals surface area contributed by atoms with Gasteiger partial charge in [0.2, 0.25) is 5.91 Å². The lowest BCUT2D eigenvalue weighted by Crippen LogP contribution is -2.57. The third-order valence-corrected chi connectivity index (χ3v) is 3.18. The van der Waals surface area contributed by atoms with Crippen LogP contribution in [0.15, 0.2) is 0 Å². The molecule has 0 aliphatic carbocycles. The Morgan fingerprint density at radius 3 is 2.33 bits per heavy atom. The van der Waals surface area contributed by atoms with E-state index in [9.17, 15) is 4.79 Å². The summed E-state index contributed by atoms with van der Waals surface area (Å²) in [7, 11) is 1.67. The quantitative estimate of drug-likeness (QED) is 0.732. The van der Waals surface area contributed by atoms with E-state index in [0.29, 0.717) is 12.1 Å². The molecule has 0 aromatic rings. The molecule has 1 saturated heterocycles. The fourth-order valence-corrected chi connectivity index (χ4v) is 2.17. The second-order valence-electron chi connectivity index (χ2n) is 4.50. The summed E-state index contributed by atoms with van der Waals surface area (Å²) < 4.78 is 0. The summed E-state index contributed by atoms with van der Waals surface area (Å²) in [6, 6.07) is 0.875. The van der Waals surface area contributed by atoms with Crippen LogP contribution in [0.5, 0.6) is 0 Å². The molecule has 88 valence electrons. The Morgan fingerprint density at radius 2 is 1.87 bits per heavy atom. The molecule has 1 amide bonds. The minimum atomic E-state index is -0.155. The predicted octanol–water partition coefficient (Wildman–Crippen LogP) is 0.888. The second kappa shape index (κ2) is 5.47. The van der Waals surface area contributed by atoms with Gasteiger partial charge in [-0.3, -0.25) is 4.79 Å². The summed E-state index contributed by atoms with van der Waals surface area (Å²) in [5.41, 5.74) is 3.29. The molecule has 1 aliphatic rings. The summed E-state index contributed by atoms with van der Waals surface area (Å²) in [5, 5.41) is 4.88. The van der Waals surface area contributed by atoms with E-state index in [4.69, 9.17) is 0 Å². The van der Waals surface area contributed by atoms with Crippen LogP contribution in [0, 0.1) is 0 Å². The number of piperidine rings is 1. The van der Waals surface area contributed by atoms with Crippen molar-refractivity contribution in [1.29, 1.82) is 0 Å². The van der Waals surface area contributed by atoms with Gasteiger partial charge in [-0.15, -0.1) is 0 Å². The van der Waals surface area contributed by atoms with Crippen molar-refractivity contribution in [3.05, 3.63) is 0 Å². The zero-order chi connectivity index (χ0) is 11.4. The SMILES string of the molecule is CNC(=O)C(C)NN1C(C)CCCC1C. The molecule has 2 N–H and O–H groups in total. The Labute approximate surface area is 92.4 Å². The second-order valence-corrected chi connectivity index (χ2v) is 4.50. The van der Waals surface area contributed by atoms with Crippen LogP contribution in [0.3, 0.4) is 0 Å². The van der Waals surface area contributed by atoms with Gasteiger partial charge >= 0.3 is 0 Å². The molecule has 0 spiro atoms. The minimum Gasteiger partial charge on any atom is -0.358 e. The highest BCUT2D eigenvalue weighted by Crippen LogP contribution is 2.20. The molecule has 3 unspecified atom stereocenters. The zero-order valence-corrected chi connectivity index (χ0v) is 10.2. The van der Waals surface area contributed by atoms with Crippen molar-refractivity contribution in [3.8, 4) is 0 Å². The van der Waals surface area contributed by atoms with Gasteiger partial charge in [0, 0.05) is 19.1 Å². The van der Waals surface area contributed by atoms with Crippen molar-refractivity contribution in [2.24, 2.45) is 0 Å². The van der Waals surface area contributed by atoms with Crippen LogP contribution >= 0.6 is 0 Å². The van der Waals surface area contributed by atoms with Gasteiger partial charge in [-0.1, -0.05) is 6.42 Å². The first-order valence-corrected chi connectivity index (χ1v) is 5.82. The van der Waals surface area contributed by atoms with Gasteiger partial charge in [0.25, 0.3) is 0 Å². The third kappa shape index (κ3) is 3.18. The number of likely N-dealkylation sites (N-methyl/N-ethyl adjacent to an activating group) is 1. The van der Waals surface area contributed by atoms with Gasteiger partial charge in [0.05, 0.1) is 6.04 Å². The average Bonchev–Trinajstić information content (AvgIpc) is 2.22. The zero-order valence-electron chi connectivity index (χ0n) is 10.2. The van der Waals surface area contributed by atoms with Crippen LogP contribution in [0.25, 0.3) is 0 Å². The topological polar surface area (TPSA) is 44.4 Å². The lowest BCUT2D eigenvalue weighted by atomic mass is 10.00. The van der Waals surface area contributed by atoms with Gasteiger partial charge in [-0.25, -0.2) is 10.4 Å². The Kier molecular flexibility index (Phi) is 4.54. The molecule has 1 rings (SSSR count). The van der Waals surface area contributed by atoms with E-state index in [1.54, 1.807) is 7.05 Å². The maximum absolute atomic E-state index is 11.4. The molecule has 0 bridgehead atoms. The lowest BCUT2D eigenvalue weighted by molar-refractivity contribution is -0.124. The average molecular weight is 213 g/mol. The van der Waals surface area contributed by atoms with E-state index in [1.807, 2.05) is 6.92 Å². The summed E-state index contributed by atoms with van der Waals surface area (Å²) in [6.07, 6.45) is 3.70. The summed E-state index contributed by atoms with van der Waals surface area (Å²) >= 11 is 0. The Balaban J connectivity index is 2.50. The van der Waals surface area contributed by atoms with Crippen molar-refractivity contribution >= 4 is 5.91 Å². The van der Waals surface area contributed by atoms with Gasteiger partial charge < -0.3 is 5.32 Å². The van der Waals surface area contributed by atoms with Crippen molar-refractivity contribution in [1.82, 2.24) is 15.8 Å². The van der Waals surface area contributed by atoms with Crippen LogP contribution in [-0.2, 0) is 4.79 Å². The van der Waals surface area contributed by atoms with Crippen LogP contribution in [0.1, 0.15) is 40.0 Å².